The standard InChI is InChI=1S/C11H15F3N4OS/c1-2-15-8-7-9(17-10(16-8)11(12,13)14)18-3-5-20(19)6-4-18/h7H,2-6H2,1H3,(H,15,16,17). The highest BCUT2D eigenvalue weighted by atomic mass is 32.2. The summed E-state index contributed by atoms with van der Waals surface area (Å²) in [6.45, 7) is 3.12. The predicted molar refractivity (Wildman–Crippen MR) is 71.3 cm³/mol. The van der Waals surface area contributed by atoms with Crippen molar-refractivity contribution in [3.05, 3.63) is 11.9 Å². The summed E-state index contributed by atoms with van der Waals surface area (Å²) in [6.07, 6.45) is -4.58. The number of nitrogens with zero attached hydrogens (tertiary/aromatic N) is 3. The number of halogens is 3. The van der Waals surface area contributed by atoms with Gasteiger partial charge in [0.25, 0.3) is 0 Å². The highest BCUT2D eigenvalue weighted by Crippen LogP contribution is 2.29. The molecule has 112 valence electrons. The number of nitrogens with one attached hydrogen (secondary N) is 1. The van der Waals surface area contributed by atoms with Crippen LogP contribution in [0.2, 0.25) is 0 Å². The maximum absolute atomic E-state index is 12.8. The predicted octanol–water partition coefficient (Wildman–Crippen LogP) is 1.50. The molecule has 0 bridgehead atoms. The van der Waals surface area contributed by atoms with Crippen LogP contribution in [0.1, 0.15) is 12.7 Å². The van der Waals surface area contributed by atoms with Crippen molar-refractivity contribution in [3.63, 3.8) is 0 Å². The first-order valence-electron chi connectivity index (χ1n) is 6.20. The lowest BCUT2D eigenvalue weighted by Crippen LogP contribution is -2.38. The molecule has 0 radical (unpaired) electrons. The van der Waals surface area contributed by atoms with Gasteiger partial charge in [-0.1, -0.05) is 0 Å². The highest BCUT2D eigenvalue weighted by Gasteiger charge is 2.36. The molecule has 0 aromatic carbocycles. The van der Waals surface area contributed by atoms with E-state index in [0.29, 0.717) is 31.1 Å². The molecule has 0 aliphatic carbocycles. The zero-order chi connectivity index (χ0) is 14.8. The SMILES string of the molecule is CCNc1cc(N2CCS(=O)CC2)nc(C(F)(F)F)n1. The Bertz CT molecular complexity index is 499. The van der Waals surface area contributed by atoms with Crippen LogP contribution in [-0.2, 0) is 17.0 Å². The molecule has 0 amide bonds. The van der Waals surface area contributed by atoms with Crippen molar-refractivity contribution in [2.24, 2.45) is 0 Å². The van der Waals surface area contributed by atoms with E-state index in [0.717, 1.165) is 0 Å². The first kappa shape index (κ1) is 15.0. The number of anilines is 2. The molecular weight excluding hydrogens is 293 g/mol. The molecule has 2 heterocycles. The third-order valence-electron chi connectivity index (χ3n) is 2.83. The van der Waals surface area contributed by atoms with Crippen LogP contribution in [0.4, 0.5) is 24.8 Å². The van der Waals surface area contributed by atoms with E-state index in [1.807, 2.05) is 0 Å². The Kier molecular flexibility index (Phi) is 4.46. The van der Waals surface area contributed by atoms with Crippen LogP contribution in [0.15, 0.2) is 6.07 Å². The molecule has 1 aromatic rings. The van der Waals surface area contributed by atoms with Gasteiger partial charge in [0.05, 0.1) is 0 Å². The number of hydrogen-bond donors (Lipinski definition) is 1. The Labute approximate surface area is 117 Å². The van der Waals surface area contributed by atoms with E-state index in [1.165, 1.54) is 6.07 Å². The molecule has 1 fully saturated rings. The minimum absolute atomic E-state index is 0.150. The minimum Gasteiger partial charge on any atom is -0.370 e. The van der Waals surface area contributed by atoms with Crippen molar-refractivity contribution in [1.82, 2.24) is 9.97 Å². The molecule has 1 aromatic heterocycles. The van der Waals surface area contributed by atoms with Crippen LogP contribution >= 0.6 is 0 Å². The number of aromatic nitrogens is 2. The summed E-state index contributed by atoms with van der Waals surface area (Å²) in [4.78, 5) is 8.76. The fourth-order valence-electron chi connectivity index (χ4n) is 1.86. The van der Waals surface area contributed by atoms with Crippen molar-refractivity contribution in [2.45, 2.75) is 13.1 Å². The average molecular weight is 308 g/mol. The van der Waals surface area contributed by atoms with E-state index in [-0.39, 0.29) is 11.6 Å². The van der Waals surface area contributed by atoms with Crippen LogP contribution in [0.3, 0.4) is 0 Å². The van der Waals surface area contributed by atoms with Crippen LogP contribution < -0.4 is 10.2 Å². The highest BCUT2D eigenvalue weighted by molar-refractivity contribution is 7.85. The van der Waals surface area contributed by atoms with Crippen LogP contribution in [0, 0.1) is 0 Å². The van der Waals surface area contributed by atoms with E-state index >= 15 is 0 Å². The second-order valence-corrected chi connectivity index (χ2v) is 5.99. The summed E-state index contributed by atoms with van der Waals surface area (Å²) in [7, 11) is -0.889. The average Bonchev–Trinajstić information content (AvgIpc) is 2.38. The quantitative estimate of drug-likeness (QED) is 0.917. The molecule has 1 saturated heterocycles. The Hall–Kier alpha value is -1.38. The molecule has 0 unspecified atom stereocenters. The largest absolute Gasteiger partial charge is 0.451 e. The number of alkyl halides is 3. The van der Waals surface area contributed by atoms with Gasteiger partial charge in [0, 0.05) is 48.0 Å². The van der Waals surface area contributed by atoms with E-state index < -0.39 is 22.8 Å². The Morgan fingerprint density at radius 1 is 1.35 bits per heavy atom. The summed E-state index contributed by atoms with van der Waals surface area (Å²) in [5, 5.41) is 2.77. The maximum Gasteiger partial charge on any atom is 0.451 e. The first-order chi connectivity index (χ1) is 9.40. The zero-order valence-corrected chi connectivity index (χ0v) is 11.7. The molecular formula is C11H15F3N4OS. The van der Waals surface area contributed by atoms with Gasteiger partial charge in [-0.15, -0.1) is 0 Å². The molecule has 5 nitrogen and oxygen atoms in total. The normalized spacial score (nSPS) is 17.3. The van der Waals surface area contributed by atoms with Gasteiger partial charge in [-0.05, 0) is 6.92 Å². The van der Waals surface area contributed by atoms with Crippen LogP contribution in [-0.4, -0.2) is 45.3 Å². The van der Waals surface area contributed by atoms with Crippen LogP contribution in [0.25, 0.3) is 0 Å². The lowest BCUT2D eigenvalue weighted by Gasteiger charge is -2.28. The Morgan fingerprint density at radius 2 is 2.00 bits per heavy atom. The molecule has 1 aliphatic rings. The van der Waals surface area contributed by atoms with Gasteiger partial charge in [-0.2, -0.15) is 13.2 Å². The van der Waals surface area contributed by atoms with Gasteiger partial charge < -0.3 is 10.2 Å². The third kappa shape index (κ3) is 3.59. The molecule has 2 rings (SSSR count). The fourth-order valence-corrected chi connectivity index (χ4v) is 2.91. The van der Waals surface area contributed by atoms with Crippen molar-refractivity contribution in [2.75, 3.05) is 41.4 Å². The lowest BCUT2D eigenvalue weighted by molar-refractivity contribution is -0.144. The van der Waals surface area contributed by atoms with Gasteiger partial charge in [0.15, 0.2) is 0 Å². The molecule has 9 heteroatoms. The zero-order valence-electron chi connectivity index (χ0n) is 10.9. The van der Waals surface area contributed by atoms with E-state index in [2.05, 4.69) is 15.3 Å². The summed E-state index contributed by atoms with van der Waals surface area (Å²) >= 11 is 0. The summed E-state index contributed by atoms with van der Waals surface area (Å²) in [5.74, 6) is 0.109. The smallest absolute Gasteiger partial charge is 0.370 e. The molecule has 0 spiro atoms. The monoisotopic (exact) mass is 308 g/mol. The summed E-state index contributed by atoms with van der Waals surface area (Å²) in [5.41, 5.74) is 0. The molecule has 20 heavy (non-hydrogen) atoms. The molecule has 0 atom stereocenters. The Morgan fingerprint density at radius 3 is 2.55 bits per heavy atom. The van der Waals surface area contributed by atoms with Gasteiger partial charge in [0.2, 0.25) is 5.82 Å². The topological polar surface area (TPSA) is 58.1 Å². The second kappa shape index (κ2) is 5.94. The van der Waals surface area contributed by atoms with Crippen LogP contribution in [0.5, 0.6) is 0 Å². The van der Waals surface area contributed by atoms with Crippen molar-refractivity contribution in [1.29, 1.82) is 0 Å². The number of rotatable bonds is 3. The number of hydrogen-bond acceptors (Lipinski definition) is 5. The van der Waals surface area contributed by atoms with Crippen molar-refractivity contribution < 1.29 is 17.4 Å². The Balaban J connectivity index is 2.31. The summed E-state index contributed by atoms with van der Waals surface area (Å²) in [6, 6.07) is 1.49. The second-order valence-electron chi connectivity index (χ2n) is 4.30. The fraction of sp³-hybridized carbons (Fsp3) is 0.636. The summed E-state index contributed by atoms with van der Waals surface area (Å²) < 4.78 is 49.7. The molecule has 0 saturated carbocycles. The minimum atomic E-state index is -4.58. The van der Waals surface area contributed by atoms with Gasteiger partial charge >= 0.3 is 6.18 Å². The maximum atomic E-state index is 12.8. The molecule has 1 aliphatic heterocycles. The van der Waals surface area contributed by atoms with Crippen molar-refractivity contribution in [3.8, 4) is 0 Å². The van der Waals surface area contributed by atoms with Gasteiger partial charge in [0.1, 0.15) is 11.6 Å². The van der Waals surface area contributed by atoms with E-state index in [9.17, 15) is 17.4 Å². The molecule has 1 N–H and O–H groups in total. The third-order valence-corrected chi connectivity index (χ3v) is 4.10. The van der Waals surface area contributed by atoms with Gasteiger partial charge in [-0.3, -0.25) is 4.21 Å². The van der Waals surface area contributed by atoms with Gasteiger partial charge in [-0.25, -0.2) is 9.97 Å². The van der Waals surface area contributed by atoms with Crippen molar-refractivity contribution >= 4 is 22.4 Å². The van der Waals surface area contributed by atoms with E-state index in [1.54, 1.807) is 11.8 Å². The lowest BCUT2D eigenvalue weighted by atomic mass is 10.4. The first-order valence-corrected chi connectivity index (χ1v) is 7.69. The van der Waals surface area contributed by atoms with E-state index in [4.69, 9.17) is 0 Å².